The number of piperazine rings is 1. The lowest BCUT2D eigenvalue weighted by Crippen LogP contribution is -2.52. The molecule has 2 aliphatic heterocycles. The van der Waals surface area contributed by atoms with Crippen LogP contribution in [0.25, 0.3) is 0 Å². The number of methoxy groups -OCH3 is 1. The van der Waals surface area contributed by atoms with Gasteiger partial charge in [-0.1, -0.05) is 12.8 Å². The van der Waals surface area contributed by atoms with E-state index in [0.29, 0.717) is 62.2 Å². The molecule has 2 heterocycles. The van der Waals surface area contributed by atoms with Crippen molar-refractivity contribution in [3.63, 3.8) is 0 Å². The number of ether oxygens (including phenoxy) is 1. The quantitative estimate of drug-likeness (QED) is 0.724. The van der Waals surface area contributed by atoms with Crippen LogP contribution in [0.5, 0.6) is 5.75 Å². The second-order valence-electron chi connectivity index (χ2n) is 7.94. The molecule has 0 unspecified atom stereocenters. The van der Waals surface area contributed by atoms with Gasteiger partial charge in [-0.15, -0.1) is 0 Å². The Bertz CT molecular complexity index is 780. The number of hydrogen-bond acceptors (Lipinski definition) is 5. The van der Waals surface area contributed by atoms with Crippen LogP contribution in [-0.2, 0) is 9.59 Å². The molecule has 0 aromatic heterocycles. The highest BCUT2D eigenvalue weighted by Gasteiger charge is 2.37. The molecule has 7 heteroatoms. The van der Waals surface area contributed by atoms with Crippen molar-refractivity contribution >= 4 is 23.3 Å². The topological polar surface area (TPSA) is 70.2 Å². The maximum atomic E-state index is 12.5. The number of fused-ring (bicyclic) bond motifs is 1. The molecular formula is C21H27N3O4. The van der Waals surface area contributed by atoms with Crippen LogP contribution in [0.15, 0.2) is 18.2 Å². The Kier molecular flexibility index (Phi) is 5.35. The highest BCUT2D eigenvalue weighted by Crippen LogP contribution is 2.33. The number of amides is 2. The van der Waals surface area contributed by atoms with Crippen molar-refractivity contribution < 1.29 is 19.1 Å². The van der Waals surface area contributed by atoms with Gasteiger partial charge in [-0.05, 0) is 30.9 Å². The molecule has 1 saturated heterocycles. The Hall–Kier alpha value is -2.41. The number of benzene rings is 1. The monoisotopic (exact) mass is 385 g/mol. The molecule has 28 heavy (non-hydrogen) atoms. The smallest absolute Gasteiger partial charge is 0.300 e. The Balaban J connectivity index is 1.35. The first kappa shape index (κ1) is 18.9. The van der Waals surface area contributed by atoms with Gasteiger partial charge in [0.25, 0.3) is 5.78 Å². The van der Waals surface area contributed by atoms with Crippen LogP contribution in [0.1, 0.15) is 42.5 Å². The van der Waals surface area contributed by atoms with Crippen LogP contribution in [-0.4, -0.2) is 67.4 Å². The standard InChI is InChI=1S/C21H27N3O4/c1-28-16-6-7-17-18(13-16)24(21(27)20(17)26)14-22-8-10-23(11-9-22)19(25)12-15-4-2-3-5-15/h6-7,13,15H,2-5,8-12,14H2,1H3. The van der Waals surface area contributed by atoms with Gasteiger partial charge in [-0.3, -0.25) is 24.2 Å². The van der Waals surface area contributed by atoms with E-state index in [1.807, 2.05) is 4.90 Å². The fourth-order valence-corrected chi connectivity index (χ4v) is 4.47. The van der Waals surface area contributed by atoms with E-state index < -0.39 is 11.7 Å². The fraction of sp³-hybridized carbons (Fsp3) is 0.571. The molecule has 3 aliphatic rings. The average molecular weight is 385 g/mol. The van der Waals surface area contributed by atoms with Gasteiger partial charge >= 0.3 is 5.91 Å². The van der Waals surface area contributed by atoms with Crippen molar-refractivity contribution in [2.24, 2.45) is 5.92 Å². The van der Waals surface area contributed by atoms with Crippen molar-refractivity contribution in [1.29, 1.82) is 0 Å². The van der Waals surface area contributed by atoms with Crippen molar-refractivity contribution in [2.45, 2.75) is 32.1 Å². The molecule has 150 valence electrons. The zero-order valence-corrected chi connectivity index (χ0v) is 16.4. The Morgan fingerprint density at radius 1 is 1.11 bits per heavy atom. The first-order valence-corrected chi connectivity index (χ1v) is 10.1. The number of nitrogens with zero attached hydrogens (tertiary/aromatic N) is 3. The Morgan fingerprint density at radius 2 is 1.82 bits per heavy atom. The minimum atomic E-state index is -0.497. The van der Waals surface area contributed by atoms with E-state index in [-0.39, 0.29) is 5.91 Å². The largest absolute Gasteiger partial charge is 0.497 e. The van der Waals surface area contributed by atoms with E-state index in [0.717, 1.165) is 0 Å². The van der Waals surface area contributed by atoms with Gasteiger partial charge in [0.1, 0.15) is 5.75 Å². The molecule has 1 aromatic carbocycles. The number of carbonyl (C=O) groups excluding carboxylic acids is 3. The average Bonchev–Trinajstić information content (AvgIpc) is 3.31. The minimum Gasteiger partial charge on any atom is -0.497 e. The Labute approximate surface area is 165 Å². The van der Waals surface area contributed by atoms with E-state index >= 15 is 0 Å². The summed E-state index contributed by atoms with van der Waals surface area (Å²) in [4.78, 5) is 42.8. The van der Waals surface area contributed by atoms with Crippen molar-refractivity contribution in [3.8, 4) is 5.75 Å². The van der Waals surface area contributed by atoms with Gasteiger partial charge in [0, 0.05) is 38.7 Å². The van der Waals surface area contributed by atoms with E-state index in [4.69, 9.17) is 4.74 Å². The lowest BCUT2D eigenvalue weighted by Gasteiger charge is -2.37. The number of ketones is 1. The van der Waals surface area contributed by atoms with Gasteiger partial charge in [-0.2, -0.15) is 0 Å². The molecule has 0 atom stereocenters. The van der Waals surface area contributed by atoms with E-state index in [2.05, 4.69) is 4.90 Å². The molecule has 1 aromatic rings. The van der Waals surface area contributed by atoms with Gasteiger partial charge < -0.3 is 9.64 Å². The maximum Gasteiger partial charge on any atom is 0.300 e. The molecule has 0 N–H and O–H groups in total. The first-order valence-electron chi connectivity index (χ1n) is 10.1. The number of rotatable bonds is 5. The zero-order chi connectivity index (χ0) is 19.7. The van der Waals surface area contributed by atoms with Gasteiger partial charge in [0.15, 0.2) is 0 Å². The molecule has 0 radical (unpaired) electrons. The lowest BCUT2D eigenvalue weighted by molar-refractivity contribution is -0.134. The van der Waals surface area contributed by atoms with Crippen LogP contribution in [0.3, 0.4) is 0 Å². The van der Waals surface area contributed by atoms with E-state index in [1.54, 1.807) is 25.3 Å². The predicted octanol–water partition coefficient (Wildman–Crippen LogP) is 1.91. The summed E-state index contributed by atoms with van der Waals surface area (Å²) in [5, 5.41) is 0. The third kappa shape index (κ3) is 3.63. The van der Waals surface area contributed by atoms with Crippen molar-refractivity contribution in [1.82, 2.24) is 9.80 Å². The molecule has 0 spiro atoms. The molecule has 4 rings (SSSR count). The van der Waals surface area contributed by atoms with E-state index in [9.17, 15) is 14.4 Å². The summed E-state index contributed by atoms with van der Waals surface area (Å²) < 4.78 is 5.24. The summed E-state index contributed by atoms with van der Waals surface area (Å²) in [6.45, 7) is 3.11. The predicted molar refractivity (Wildman–Crippen MR) is 104 cm³/mol. The number of carbonyl (C=O) groups is 3. The third-order valence-electron chi connectivity index (χ3n) is 6.18. The van der Waals surface area contributed by atoms with Crippen LogP contribution in [0, 0.1) is 5.92 Å². The fourth-order valence-electron chi connectivity index (χ4n) is 4.47. The summed E-state index contributed by atoms with van der Waals surface area (Å²) in [6, 6.07) is 5.08. The summed E-state index contributed by atoms with van der Waals surface area (Å²) in [7, 11) is 1.56. The third-order valence-corrected chi connectivity index (χ3v) is 6.18. The summed E-state index contributed by atoms with van der Waals surface area (Å²) in [5.41, 5.74) is 1.03. The normalized spacial score (nSPS) is 20.8. The highest BCUT2D eigenvalue weighted by atomic mass is 16.5. The zero-order valence-electron chi connectivity index (χ0n) is 16.4. The summed E-state index contributed by atoms with van der Waals surface area (Å²) in [6.07, 6.45) is 5.53. The van der Waals surface area contributed by atoms with Crippen LogP contribution in [0.2, 0.25) is 0 Å². The maximum absolute atomic E-state index is 12.5. The molecule has 2 amide bonds. The molecule has 7 nitrogen and oxygen atoms in total. The van der Waals surface area contributed by atoms with Crippen LogP contribution < -0.4 is 9.64 Å². The number of Topliss-reactive ketones (excluding diaryl/α,β-unsaturated/α-hetero) is 1. The molecule has 1 saturated carbocycles. The molecular weight excluding hydrogens is 358 g/mol. The summed E-state index contributed by atoms with van der Waals surface area (Å²) in [5.74, 6) is 0.471. The van der Waals surface area contributed by atoms with Crippen LogP contribution in [0.4, 0.5) is 5.69 Å². The SMILES string of the molecule is COc1ccc2c(c1)N(CN1CCN(C(=O)CC3CCCC3)CC1)C(=O)C2=O. The van der Waals surface area contributed by atoms with Gasteiger partial charge in [0.05, 0.1) is 25.0 Å². The second kappa shape index (κ2) is 7.91. The number of anilines is 1. The second-order valence-corrected chi connectivity index (χ2v) is 7.94. The summed E-state index contributed by atoms with van der Waals surface area (Å²) >= 11 is 0. The highest BCUT2D eigenvalue weighted by molar-refractivity contribution is 6.52. The van der Waals surface area contributed by atoms with Gasteiger partial charge in [-0.25, -0.2) is 0 Å². The first-order chi connectivity index (χ1) is 13.6. The van der Waals surface area contributed by atoms with Crippen molar-refractivity contribution in [2.75, 3.05) is 44.9 Å². The number of hydrogen-bond donors (Lipinski definition) is 0. The van der Waals surface area contributed by atoms with Crippen molar-refractivity contribution in [3.05, 3.63) is 23.8 Å². The van der Waals surface area contributed by atoms with E-state index in [1.165, 1.54) is 30.6 Å². The van der Waals surface area contributed by atoms with Gasteiger partial charge in [0.2, 0.25) is 5.91 Å². The molecule has 2 fully saturated rings. The Morgan fingerprint density at radius 3 is 2.50 bits per heavy atom. The molecule has 0 bridgehead atoms. The lowest BCUT2D eigenvalue weighted by atomic mass is 10.0. The molecule has 1 aliphatic carbocycles. The minimum absolute atomic E-state index is 0.258. The van der Waals surface area contributed by atoms with Crippen LogP contribution >= 0.6 is 0 Å².